The summed E-state index contributed by atoms with van der Waals surface area (Å²) in [6.45, 7) is 1.95. The highest BCUT2D eigenvalue weighted by atomic mass is 32.2. The Morgan fingerprint density at radius 3 is 2.30 bits per heavy atom. The molecule has 2 saturated heterocycles. The van der Waals surface area contributed by atoms with Gasteiger partial charge in [0.25, 0.3) is 5.91 Å². The topological polar surface area (TPSA) is 181 Å². The fraction of sp³-hybridized carbons (Fsp3) is 0.667. The number of amides is 3. The van der Waals surface area contributed by atoms with Crippen molar-refractivity contribution in [3.63, 3.8) is 0 Å². The highest BCUT2D eigenvalue weighted by Crippen LogP contribution is 2.33. The van der Waals surface area contributed by atoms with Gasteiger partial charge in [-0.05, 0) is 62.3 Å². The second-order valence-corrected chi connectivity index (χ2v) is 14.9. The zero-order valence-electron chi connectivity index (χ0n) is 27.6. The predicted molar refractivity (Wildman–Crippen MR) is 177 cm³/mol. The summed E-state index contributed by atoms with van der Waals surface area (Å²) in [7, 11) is -2.35. The molecule has 1 aliphatic carbocycles. The smallest absolute Gasteiger partial charge is 0.306 e. The van der Waals surface area contributed by atoms with Gasteiger partial charge >= 0.3 is 5.97 Å². The van der Waals surface area contributed by atoms with Crippen molar-refractivity contribution in [3.8, 4) is 0 Å². The molecule has 0 spiro atoms. The van der Waals surface area contributed by atoms with Crippen molar-refractivity contribution >= 4 is 39.7 Å². The molecule has 2 heterocycles. The third kappa shape index (κ3) is 10.7. The van der Waals surface area contributed by atoms with Crippen molar-refractivity contribution in [1.29, 1.82) is 0 Å². The third-order valence-electron chi connectivity index (χ3n) is 9.65. The van der Waals surface area contributed by atoms with Gasteiger partial charge in [0.05, 0.1) is 25.7 Å². The predicted octanol–water partition coefficient (Wildman–Crippen LogP) is 1.57. The molecule has 1 unspecified atom stereocenters. The number of methoxy groups -OCH3 is 1. The van der Waals surface area contributed by atoms with Gasteiger partial charge in [-0.1, -0.05) is 49.6 Å². The van der Waals surface area contributed by atoms with Crippen LogP contribution in [0.15, 0.2) is 35.3 Å². The number of ether oxygens (including phenoxy) is 1. The Balaban J connectivity index is 1.29. The Labute approximate surface area is 278 Å². The second kappa shape index (κ2) is 17.0. The van der Waals surface area contributed by atoms with E-state index in [1.165, 1.54) is 12.0 Å². The van der Waals surface area contributed by atoms with Crippen LogP contribution in [-0.2, 0) is 40.4 Å². The Hall–Kier alpha value is -3.52. The number of carbonyl (C=O) groups is 4. The first-order valence-electron chi connectivity index (χ1n) is 16.7. The van der Waals surface area contributed by atoms with Gasteiger partial charge in [0.1, 0.15) is 12.1 Å². The highest BCUT2D eigenvalue weighted by molar-refractivity contribution is 7.88. The molecule has 260 valence electrons. The van der Waals surface area contributed by atoms with Crippen molar-refractivity contribution < 1.29 is 32.3 Å². The normalized spacial score (nSPS) is 21.2. The number of esters is 1. The summed E-state index contributed by atoms with van der Waals surface area (Å²) in [5.74, 6) is -1.57. The van der Waals surface area contributed by atoms with Gasteiger partial charge in [0.15, 0.2) is 5.96 Å². The van der Waals surface area contributed by atoms with Crippen molar-refractivity contribution in [2.75, 3.05) is 39.5 Å². The van der Waals surface area contributed by atoms with Crippen LogP contribution in [0.5, 0.6) is 0 Å². The number of benzene rings is 1. The van der Waals surface area contributed by atoms with Crippen LogP contribution in [0.2, 0.25) is 0 Å². The molecule has 1 saturated carbocycles. The number of hydrogen-bond donors (Lipinski definition) is 3. The third-order valence-corrected chi connectivity index (χ3v) is 10.4. The number of rotatable bonds is 12. The van der Waals surface area contributed by atoms with Crippen LogP contribution in [0.1, 0.15) is 69.8 Å². The molecule has 4 N–H and O–H groups in total. The summed E-state index contributed by atoms with van der Waals surface area (Å²) in [5.41, 5.74) is 7.09. The van der Waals surface area contributed by atoms with Gasteiger partial charge in [-0.15, -0.1) is 0 Å². The number of sulfonamides is 1. The summed E-state index contributed by atoms with van der Waals surface area (Å²) in [6, 6.07) is 7.49. The molecular formula is C33H50N6O7S. The lowest BCUT2D eigenvalue weighted by Gasteiger charge is -2.33. The number of carbonyl (C=O) groups excluding carboxylic acids is 4. The van der Waals surface area contributed by atoms with Crippen LogP contribution in [0.4, 0.5) is 0 Å². The Morgan fingerprint density at radius 1 is 0.979 bits per heavy atom. The van der Waals surface area contributed by atoms with E-state index in [0.717, 1.165) is 56.8 Å². The van der Waals surface area contributed by atoms with Crippen LogP contribution in [0.25, 0.3) is 0 Å². The minimum atomic E-state index is -3.67. The summed E-state index contributed by atoms with van der Waals surface area (Å²) >= 11 is 0. The van der Waals surface area contributed by atoms with Crippen molar-refractivity contribution in [1.82, 2.24) is 19.8 Å². The molecule has 3 fully saturated rings. The van der Waals surface area contributed by atoms with E-state index in [1.54, 1.807) is 0 Å². The van der Waals surface area contributed by atoms with E-state index in [0.29, 0.717) is 39.0 Å². The van der Waals surface area contributed by atoms with E-state index < -0.39 is 39.9 Å². The van der Waals surface area contributed by atoms with Gasteiger partial charge in [0, 0.05) is 26.2 Å². The number of aliphatic imine (C=N–C) groups is 1. The number of nitrogens with zero attached hydrogens (tertiary/aromatic N) is 3. The van der Waals surface area contributed by atoms with Gasteiger partial charge in [-0.2, -0.15) is 4.99 Å². The molecule has 3 amide bonds. The Morgan fingerprint density at radius 2 is 1.66 bits per heavy atom. The van der Waals surface area contributed by atoms with Crippen molar-refractivity contribution in [3.05, 3.63) is 35.9 Å². The van der Waals surface area contributed by atoms with E-state index in [1.807, 2.05) is 35.2 Å². The zero-order valence-corrected chi connectivity index (χ0v) is 28.4. The zero-order chi connectivity index (χ0) is 34.0. The largest absolute Gasteiger partial charge is 0.469 e. The monoisotopic (exact) mass is 674 g/mol. The molecule has 2 aliphatic heterocycles. The minimum Gasteiger partial charge on any atom is -0.469 e. The van der Waals surface area contributed by atoms with Crippen LogP contribution >= 0.6 is 0 Å². The van der Waals surface area contributed by atoms with Crippen LogP contribution in [0, 0.1) is 17.8 Å². The molecule has 47 heavy (non-hydrogen) atoms. The Bertz CT molecular complexity index is 1370. The summed E-state index contributed by atoms with van der Waals surface area (Å²) in [6.07, 6.45) is 8.78. The maximum Gasteiger partial charge on any atom is 0.306 e. The SMILES string of the molecule is COC(=O)CC(C(=O)N=C(N)N1CCC(CNC(=O)[C@@H]2CCCN2C(=O)[C@@H](Cc2ccccc2)NS(C)(=O)=O)CC1)C1CCCCC1. The molecule has 14 heteroatoms. The fourth-order valence-electron chi connectivity index (χ4n) is 7.04. The molecule has 1 aromatic rings. The van der Waals surface area contributed by atoms with E-state index in [-0.39, 0.29) is 42.5 Å². The van der Waals surface area contributed by atoms with Gasteiger partial charge < -0.3 is 25.6 Å². The molecule has 4 rings (SSSR count). The molecule has 1 aromatic carbocycles. The van der Waals surface area contributed by atoms with E-state index in [4.69, 9.17) is 10.5 Å². The summed E-state index contributed by atoms with van der Waals surface area (Å²) in [4.78, 5) is 59.7. The quantitative estimate of drug-likeness (QED) is 0.169. The molecule has 13 nitrogen and oxygen atoms in total. The maximum atomic E-state index is 13.6. The number of guanidine groups is 1. The lowest BCUT2D eigenvalue weighted by atomic mass is 9.78. The lowest BCUT2D eigenvalue weighted by Crippen LogP contribution is -2.54. The number of nitrogens with one attached hydrogen (secondary N) is 2. The van der Waals surface area contributed by atoms with E-state index in [2.05, 4.69) is 15.0 Å². The van der Waals surface area contributed by atoms with Crippen molar-refractivity contribution in [2.24, 2.45) is 28.5 Å². The van der Waals surface area contributed by atoms with Crippen LogP contribution in [-0.4, -0.2) is 99.5 Å². The maximum absolute atomic E-state index is 13.6. The molecular weight excluding hydrogens is 624 g/mol. The van der Waals surface area contributed by atoms with Crippen LogP contribution < -0.4 is 15.8 Å². The average Bonchev–Trinajstić information content (AvgIpc) is 3.56. The summed E-state index contributed by atoms with van der Waals surface area (Å²) in [5, 5.41) is 3.02. The number of likely N-dealkylation sites (tertiary alicyclic amines) is 2. The molecule has 3 atom stereocenters. The summed E-state index contributed by atoms with van der Waals surface area (Å²) < 4.78 is 31.5. The Kier molecular flexibility index (Phi) is 13.2. The number of piperidine rings is 1. The van der Waals surface area contributed by atoms with E-state index in [9.17, 15) is 27.6 Å². The molecule has 0 radical (unpaired) electrons. The highest BCUT2D eigenvalue weighted by Gasteiger charge is 2.38. The lowest BCUT2D eigenvalue weighted by molar-refractivity contribution is -0.144. The first kappa shape index (κ1) is 36.3. The van der Waals surface area contributed by atoms with Gasteiger partial charge in [0.2, 0.25) is 21.8 Å². The number of hydrogen-bond acceptors (Lipinski definition) is 7. The molecule has 0 bridgehead atoms. The van der Waals surface area contributed by atoms with Gasteiger partial charge in [-0.25, -0.2) is 13.1 Å². The standard InChI is InChI=1S/C33H50N6O7S/c1-46-29(40)21-26(25-12-7-4-8-13-25)30(41)36-33(34)38-18-15-24(16-19-38)22-35-31(42)28-14-9-17-39(28)32(43)27(37-47(2,44)45)20-23-10-5-3-6-11-23/h3,5-6,10-11,24-28,37H,4,7-9,12-22H2,1-2H3,(H,35,42)(H2,34,36,41)/t26?,27-,28+/m1/s1. The van der Waals surface area contributed by atoms with Gasteiger partial charge in [-0.3, -0.25) is 19.2 Å². The van der Waals surface area contributed by atoms with Crippen molar-refractivity contribution in [2.45, 2.75) is 82.7 Å². The van der Waals surface area contributed by atoms with E-state index >= 15 is 0 Å². The van der Waals surface area contributed by atoms with Crippen LogP contribution in [0.3, 0.4) is 0 Å². The average molecular weight is 675 g/mol. The first-order valence-corrected chi connectivity index (χ1v) is 18.6. The molecule has 3 aliphatic rings. The minimum absolute atomic E-state index is 0.00444. The second-order valence-electron chi connectivity index (χ2n) is 13.1. The fourth-order valence-corrected chi connectivity index (χ4v) is 7.74. The molecule has 0 aromatic heterocycles. The number of nitrogens with two attached hydrogens (primary N) is 1. The first-order chi connectivity index (χ1) is 22.4.